The van der Waals surface area contributed by atoms with E-state index in [0.29, 0.717) is 24.8 Å². The van der Waals surface area contributed by atoms with Crippen molar-refractivity contribution in [3.05, 3.63) is 11.7 Å². The number of rotatable bonds is 6. The van der Waals surface area contributed by atoms with Crippen molar-refractivity contribution in [2.24, 2.45) is 0 Å². The zero-order valence-electron chi connectivity index (χ0n) is 9.91. The first-order valence-electron chi connectivity index (χ1n) is 5.43. The smallest absolute Gasteiger partial charge is 0.240 e. The first kappa shape index (κ1) is 12.6. The van der Waals surface area contributed by atoms with E-state index in [4.69, 9.17) is 4.52 Å². The van der Waals surface area contributed by atoms with Gasteiger partial charge in [0.05, 0.1) is 12.6 Å². The summed E-state index contributed by atoms with van der Waals surface area (Å²) in [6, 6.07) is -0.265. The summed E-state index contributed by atoms with van der Waals surface area (Å²) in [6.07, 6.45) is 0.932. The molecule has 6 heteroatoms. The largest absolute Gasteiger partial charge is 0.355 e. The second kappa shape index (κ2) is 6.22. The van der Waals surface area contributed by atoms with Gasteiger partial charge >= 0.3 is 0 Å². The van der Waals surface area contributed by atoms with Gasteiger partial charge in [-0.1, -0.05) is 12.1 Å². The number of hydrogen-bond acceptors (Lipinski definition) is 5. The molecule has 0 bridgehead atoms. The van der Waals surface area contributed by atoms with E-state index in [1.165, 1.54) is 0 Å². The van der Waals surface area contributed by atoms with Crippen LogP contribution >= 0.6 is 0 Å². The van der Waals surface area contributed by atoms with Crippen LogP contribution < -0.4 is 10.6 Å². The second-order valence-corrected chi connectivity index (χ2v) is 3.63. The lowest BCUT2D eigenvalue weighted by Gasteiger charge is -2.11. The molecule has 1 unspecified atom stereocenters. The van der Waals surface area contributed by atoms with Crippen molar-refractivity contribution in [2.45, 2.75) is 39.8 Å². The molecular weight excluding hydrogens is 208 g/mol. The molecule has 1 heterocycles. The number of hydrogen-bond donors (Lipinski definition) is 2. The van der Waals surface area contributed by atoms with Crippen molar-refractivity contribution in [2.75, 3.05) is 6.54 Å². The van der Waals surface area contributed by atoms with Crippen molar-refractivity contribution in [3.8, 4) is 0 Å². The Bertz CT molecular complexity index is 337. The van der Waals surface area contributed by atoms with Gasteiger partial charge in [0.15, 0.2) is 5.82 Å². The van der Waals surface area contributed by atoms with E-state index in [2.05, 4.69) is 20.8 Å². The summed E-state index contributed by atoms with van der Waals surface area (Å²) in [6.45, 7) is 6.67. The Morgan fingerprint density at radius 3 is 2.88 bits per heavy atom. The van der Waals surface area contributed by atoms with Crippen LogP contribution in [0.15, 0.2) is 4.52 Å². The molecule has 0 aliphatic heterocycles. The van der Waals surface area contributed by atoms with Crippen molar-refractivity contribution in [3.63, 3.8) is 0 Å². The first-order valence-corrected chi connectivity index (χ1v) is 5.43. The van der Waals surface area contributed by atoms with Gasteiger partial charge in [0.1, 0.15) is 0 Å². The van der Waals surface area contributed by atoms with E-state index in [0.717, 1.165) is 6.42 Å². The molecule has 90 valence electrons. The Labute approximate surface area is 94.8 Å². The Kier molecular flexibility index (Phi) is 4.91. The van der Waals surface area contributed by atoms with Crippen LogP contribution in [0.4, 0.5) is 0 Å². The summed E-state index contributed by atoms with van der Waals surface area (Å²) in [7, 11) is 0. The van der Waals surface area contributed by atoms with E-state index >= 15 is 0 Å². The average Bonchev–Trinajstić information content (AvgIpc) is 2.68. The van der Waals surface area contributed by atoms with Gasteiger partial charge in [0.25, 0.3) is 0 Å². The summed E-state index contributed by atoms with van der Waals surface area (Å²) in [5, 5.41) is 9.48. The quantitative estimate of drug-likeness (QED) is 0.733. The fourth-order valence-electron chi connectivity index (χ4n) is 1.15. The monoisotopic (exact) mass is 226 g/mol. The predicted octanol–water partition coefficient (Wildman–Crippen LogP) is 0.382. The van der Waals surface area contributed by atoms with E-state index < -0.39 is 0 Å². The average molecular weight is 226 g/mol. The molecule has 1 atom stereocenters. The molecule has 2 N–H and O–H groups in total. The van der Waals surface area contributed by atoms with Crippen molar-refractivity contribution < 1.29 is 9.32 Å². The van der Waals surface area contributed by atoms with Crippen LogP contribution in [-0.2, 0) is 11.3 Å². The molecule has 0 aliphatic carbocycles. The number of nitrogens with zero attached hydrogens (tertiary/aromatic N) is 2. The molecule has 0 radical (unpaired) electrons. The summed E-state index contributed by atoms with van der Waals surface area (Å²) >= 11 is 0. The number of carbonyl (C=O) groups is 1. The van der Waals surface area contributed by atoms with E-state index in [-0.39, 0.29) is 11.9 Å². The number of carbonyl (C=O) groups excluding carboxylic acids is 1. The molecule has 1 aromatic heterocycles. The van der Waals surface area contributed by atoms with Crippen LogP contribution in [0.1, 0.15) is 32.0 Å². The zero-order chi connectivity index (χ0) is 12.0. The van der Waals surface area contributed by atoms with Crippen molar-refractivity contribution >= 4 is 5.91 Å². The maximum Gasteiger partial charge on any atom is 0.240 e. The summed E-state index contributed by atoms with van der Waals surface area (Å²) in [4.78, 5) is 15.5. The lowest BCUT2D eigenvalue weighted by atomic mass is 10.3. The molecule has 1 rings (SSSR count). The normalized spacial score (nSPS) is 12.4. The highest BCUT2D eigenvalue weighted by Gasteiger charge is 2.12. The Balaban J connectivity index is 2.29. The molecule has 0 aliphatic rings. The Morgan fingerprint density at radius 2 is 2.31 bits per heavy atom. The molecule has 0 saturated heterocycles. The SMILES string of the molecule is CCCNC(=O)C(C)NCc1nc(C)no1. The van der Waals surface area contributed by atoms with E-state index in [1.54, 1.807) is 13.8 Å². The van der Waals surface area contributed by atoms with Gasteiger partial charge in [-0.15, -0.1) is 0 Å². The number of aryl methyl sites for hydroxylation is 1. The van der Waals surface area contributed by atoms with Crippen molar-refractivity contribution in [1.82, 2.24) is 20.8 Å². The van der Waals surface area contributed by atoms with Crippen LogP contribution in [-0.4, -0.2) is 28.6 Å². The number of amides is 1. The van der Waals surface area contributed by atoms with E-state index in [1.807, 2.05) is 6.92 Å². The maximum absolute atomic E-state index is 11.5. The minimum absolute atomic E-state index is 0.0157. The van der Waals surface area contributed by atoms with Gasteiger partial charge < -0.3 is 9.84 Å². The fourth-order valence-corrected chi connectivity index (χ4v) is 1.15. The highest BCUT2D eigenvalue weighted by Crippen LogP contribution is 1.95. The third-order valence-electron chi connectivity index (χ3n) is 2.07. The molecule has 0 spiro atoms. The fraction of sp³-hybridized carbons (Fsp3) is 0.700. The maximum atomic E-state index is 11.5. The predicted molar refractivity (Wildman–Crippen MR) is 58.6 cm³/mol. The number of aromatic nitrogens is 2. The summed E-state index contributed by atoms with van der Waals surface area (Å²) in [5.41, 5.74) is 0. The lowest BCUT2D eigenvalue weighted by molar-refractivity contribution is -0.122. The third-order valence-corrected chi connectivity index (χ3v) is 2.07. The second-order valence-electron chi connectivity index (χ2n) is 3.63. The lowest BCUT2D eigenvalue weighted by Crippen LogP contribution is -2.42. The van der Waals surface area contributed by atoms with Crippen LogP contribution in [0.3, 0.4) is 0 Å². The molecule has 1 amide bonds. The molecule has 6 nitrogen and oxygen atoms in total. The molecule has 1 aromatic rings. The Hall–Kier alpha value is -1.43. The van der Waals surface area contributed by atoms with Gasteiger partial charge in [-0.2, -0.15) is 4.98 Å². The minimum Gasteiger partial charge on any atom is -0.355 e. The van der Waals surface area contributed by atoms with Crippen LogP contribution in [0.25, 0.3) is 0 Å². The van der Waals surface area contributed by atoms with Crippen molar-refractivity contribution in [1.29, 1.82) is 0 Å². The molecule has 0 aromatic carbocycles. The van der Waals surface area contributed by atoms with E-state index in [9.17, 15) is 4.79 Å². The molecule has 0 saturated carbocycles. The zero-order valence-corrected chi connectivity index (χ0v) is 9.91. The highest BCUT2D eigenvalue weighted by atomic mass is 16.5. The standard InChI is InChI=1S/C10H18N4O2/c1-4-5-11-10(15)7(2)12-6-9-13-8(3)14-16-9/h7,12H,4-6H2,1-3H3,(H,11,15). The molecular formula is C10H18N4O2. The van der Waals surface area contributed by atoms with Gasteiger partial charge in [0, 0.05) is 6.54 Å². The van der Waals surface area contributed by atoms with Gasteiger partial charge in [-0.3, -0.25) is 10.1 Å². The minimum atomic E-state index is -0.265. The summed E-state index contributed by atoms with van der Waals surface area (Å²) in [5.74, 6) is 1.07. The van der Waals surface area contributed by atoms with Gasteiger partial charge in [-0.25, -0.2) is 0 Å². The number of nitrogens with one attached hydrogen (secondary N) is 2. The topological polar surface area (TPSA) is 80.0 Å². The summed E-state index contributed by atoms with van der Waals surface area (Å²) < 4.78 is 4.92. The van der Waals surface area contributed by atoms with Crippen LogP contribution in [0, 0.1) is 6.92 Å². The Morgan fingerprint density at radius 1 is 1.56 bits per heavy atom. The van der Waals surface area contributed by atoms with Gasteiger partial charge in [0.2, 0.25) is 11.8 Å². The molecule has 16 heavy (non-hydrogen) atoms. The van der Waals surface area contributed by atoms with Crippen LogP contribution in [0.5, 0.6) is 0 Å². The third kappa shape index (κ3) is 3.98. The highest BCUT2D eigenvalue weighted by molar-refractivity contribution is 5.81. The van der Waals surface area contributed by atoms with Gasteiger partial charge in [-0.05, 0) is 20.3 Å². The molecule has 0 fully saturated rings. The first-order chi connectivity index (χ1) is 7.63. The van der Waals surface area contributed by atoms with Crippen LogP contribution in [0.2, 0.25) is 0 Å².